The molecule has 0 aliphatic carbocycles. The number of hydrogen-bond acceptors (Lipinski definition) is 3. The molecular formula is C19H21N3O4. The predicted octanol–water partition coefficient (Wildman–Crippen LogP) is 1.71. The number of piperidine rings is 1. The lowest BCUT2D eigenvalue weighted by atomic mass is 9.77. The summed E-state index contributed by atoms with van der Waals surface area (Å²) in [5.41, 5.74) is 0.768. The first-order valence-electron chi connectivity index (χ1n) is 8.79. The first-order chi connectivity index (χ1) is 12.4. The summed E-state index contributed by atoms with van der Waals surface area (Å²) in [5.74, 6) is -1.86. The number of aromatic amines is 1. The van der Waals surface area contributed by atoms with Gasteiger partial charge in [-0.25, -0.2) is 0 Å². The molecule has 0 bridgehead atoms. The zero-order valence-corrected chi connectivity index (χ0v) is 14.6. The van der Waals surface area contributed by atoms with Crippen LogP contribution in [0.4, 0.5) is 0 Å². The molecule has 2 N–H and O–H groups in total. The number of amides is 2. The molecule has 7 heteroatoms. The van der Waals surface area contributed by atoms with Gasteiger partial charge in [0.25, 0.3) is 5.91 Å². The normalized spacial score (nSPS) is 22.3. The fourth-order valence-corrected chi connectivity index (χ4v) is 4.44. The minimum Gasteiger partial charge on any atom is -0.481 e. The number of aromatic nitrogens is 1. The van der Waals surface area contributed by atoms with E-state index in [1.165, 1.54) is 0 Å². The number of carboxylic acids is 1. The SMILES string of the molecule is CN1C(=O)C[C@@H](C(=O)O)C12CCN(C(=O)c1cc3ccccc3[nH]1)CC2. The second kappa shape index (κ2) is 5.86. The second-order valence-corrected chi connectivity index (χ2v) is 7.21. The average Bonchev–Trinajstić information content (AvgIpc) is 3.17. The van der Waals surface area contributed by atoms with E-state index >= 15 is 0 Å². The van der Waals surface area contributed by atoms with E-state index < -0.39 is 17.4 Å². The van der Waals surface area contributed by atoms with Crippen molar-refractivity contribution in [2.45, 2.75) is 24.8 Å². The van der Waals surface area contributed by atoms with Gasteiger partial charge in [0, 0.05) is 37.5 Å². The molecule has 1 aromatic carbocycles. The number of H-pyrrole nitrogens is 1. The van der Waals surface area contributed by atoms with Gasteiger partial charge in [-0.2, -0.15) is 0 Å². The summed E-state index contributed by atoms with van der Waals surface area (Å²) in [6, 6.07) is 9.55. The van der Waals surface area contributed by atoms with Gasteiger partial charge in [0.2, 0.25) is 5.91 Å². The Bertz CT molecular complexity index is 862. The number of nitrogens with one attached hydrogen (secondary N) is 1. The Balaban J connectivity index is 1.53. The summed E-state index contributed by atoms with van der Waals surface area (Å²) < 4.78 is 0. The van der Waals surface area contributed by atoms with Crippen molar-refractivity contribution < 1.29 is 19.5 Å². The molecule has 2 aliphatic rings. The number of carboxylic acid groups (broad SMARTS) is 1. The van der Waals surface area contributed by atoms with Crippen LogP contribution in [-0.4, -0.2) is 63.4 Å². The Kier molecular flexibility index (Phi) is 3.75. The zero-order valence-electron chi connectivity index (χ0n) is 14.6. The standard InChI is InChI=1S/C19H21N3O4/c1-21-16(23)11-13(18(25)26)19(21)6-8-22(9-7-19)17(24)15-10-12-4-2-3-5-14(12)20-15/h2-5,10,13,20H,6-9,11H2,1H3,(H,25,26)/t13-/m0/s1. The Hall–Kier alpha value is -2.83. The van der Waals surface area contributed by atoms with Gasteiger partial charge in [-0.1, -0.05) is 18.2 Å². The van der Waals surface area contributed by atoms with Crippen molar-refractivity contribution in [3.05, 3.63) is 36.0 Å². The van der Waals surface area contributed by atoms with E-state index in [9.17, 15) is 19.5 Å². The molecule has 7 nitrogen and oxygen atoms in total. The first-order valence-corrected chi connectivity index (χ1v) is 8.79. The Morgan fingerprint density at radius 1 is 1.23 bits per heavy atom. The van der Waals surface area contributed by atoms with Crippen LogP contribution in [0.1, 0.15) is 29.8 Å². The van der Waals surface area contributed by atoms with Gasteiger partial charge in [0.15, 0.2) is 0 Å². The van der Waals surface area contributed by atoms with Crippen molar-refractivity contribution in [3.63, 3.8) is 0 Å². The maximum Gasteiger partial charge on any atom is 0.309 e. The first kappa shape index (κ1) is 16.6. The summed E-state index contributed by atoms with van der Waals surface area (Å²) in [5, 5.41) is 10.5. The van der Waals surface area contributed by atoms with E-state index in [-0.39, 0.29) is 18.2 Å². The molecule has 0 unspecified atom stereocenters. The zero-order chi connectivity index (χ0) is 18.5. The quantitative estimate of drug-likeness (QED) is 0.857. The van der Waals surface area contributed by atoms with Crippen LogP contribution in [0, 0.1) is 5.92 Å². The van der Waals surface area contributed by atoms with Gasteiger partial charge in [-0.05, 0) is 25.0 Å². The summed E-state index contributed by atoms with van der Waals surface area (Å²) in [7, 11) is 1.68. The largest absolute Gasteiger partial charge is 0.481 e. The van der Waals surface area contributed by atoms with Gasteiger partial charge in [-0.15, -0.1) is 0 Å². The van der Waals surface area contributed by atoms with E-state index in [2.05, 4.69) is 4.98 Å². The number of benzene rings is 1. The Labute approximate surface area is 150 Å². The summed E-state index contributed by atoms with van der Waals surface area (Å²) in [6.45, 7) is 0.880. The van der Waals surface area contributed by atoms with Gasteiger partial charge in [0.1, 0.15) is 5.69 Å². The van der Waals surface area contributed by atoms with Crippen molar-refractivity contribution in [2.24, 2.45) is 5.92 Å². The Morgan fingerprint density at radius 2 is 1.92 bits per heavy atom. The van der Waals surface area contributed by atoms with Crippen LogP contribution in [0.3, 0.4) is 0 Å². The highest BCUT2D eigenvalue weighted by Gasteiger charge is 2.55. The maximum absolute atomic E-state index is 12.8. The lowest BCUT2D eigenvalue weighted by Gasteiger charge is -2.45. The van der Waals surface area contributed by atoms with Crippen LogP contribution in [-0.2, 0) is 9.59 Å². The van der Waals surface area contributed by atoms with E-state index in [1.54, 1.807) is 16.8 Å². The van der Waals surface area contributed by atoms with Crippen molar-refractivity contribution in [3.8, 4) is 0 Å². The second-order valence-electron chi connectivity index (χ2n) is 7.21. The van der Waals surface area contributed by atoms with E-state index in [0.29, 0.717) is 31.6 Å². The third kappa shape index (κ3) is 2.38. The topological polar surface area (TPSA) is 93.7 Å². The molecular weight excluding hydrogens is 334 g/mol. The van der Waals surface area contributed by atoms with Crippen LogP contribution in [0.2, 0.25) is 0 Å². The fraction of sp³-hybridized carbons (Fsp3) is 0.421. The van der Waals surface area contributed by atoms with Crippen molar-refractivity contribution in [1.29, 1.82) is 0 Å². The van der Waals surface area contributed by atoms with Gasteiger partial charge >= 0.3 is 5.97 Å². The predicted molar refractivity (Wildman–Crippen MR) is 94.7 cm³/mol. The van der Waals surface area contributed by atoms with Crippen LogP contribution in [0.15, 0.2) is 30.3 Å². The molecule has 2 saturated heterocycles. The number of nitrogens with zero attached hydrogens (tertiary/aromatic N) is 2. The molecule has 26 heavy (non-hydrogen) atoms. The fourth-order valence-electron chi connectivity index (χ4n) is 4.44. The van der Waals surface area contributed by atoms with Crippen LogP contribution >= 0.6 is 0 Å². The number of carbonyl (C=O) groups excluding carboxylic acids is 2. The Morgan fingerprint density at radius 3 is 2.58 bits per heavy atom. The van der Waals surface area contributed by atoms with E-state index in [0.717, 1.165) is 10.9 Å². The highest BCUT2D eigenvalue weighted by molar-refractivity contribution is 5.98. The van der Waals surface area contributed by atoms with E-state index in [1.807, 2.05) is 30.3 Å². The number of hydrogen-bond donors (Lipinski definition) is 2. The van der Waals surface area contributed by atoms with Gasteiger partial charge in [-0.3, -0.25) is 14.4 Å². The minimum atomic E-state index is -0.932. The van der Waals surface area contributed by atoms with Crippen LogP contribution < -0.4 is 0 Å². The number of rotatable bonds is 2. The van der Waals surface area contributed by atoms with Gasteiger partial charge in [0.05, 0.1) is 11.5 Å². The third-order valence-corrected chi connectivity index (χ3v) is 6.04. The molecule has 2 fully saturated rings. The molecule has 1 atom stereocenters. The molecule has 2 aliphatic heterocycles. The van der Waals surface area contributed by atoms with Crippen molar-refractivity contribution in [1.82, 2.24) is 14.8 Å². The smallest absolute Gasteiger partial charge is 0.309 e. The molecule has 0 radical (unpaired) electrons. The average molecular weight is 355 g/mol. The van der Waals surface area contributed by atoms with E-state index in [4.69, 9.17) is 0 Å². The number of fused-ring (bicyclic) bond motifs is 1. The summed E-state index contributed by atoms with van der Waals surface area (Å²) >= 11 is 0. The highest BCUT2D eigenvalue weighted by Crippen LogP contribution is 2.43. The van der Waals surface area contributed by atoms with Crippen LogP contribution in [0.5, 0.6) is 0 Å². The van der Waals surface area contributed by atoms with Crippen molar-refractivity contribution >= 4 is 28.7 Å². The monoisotopic (exact) mass is 355 g/mol. The summed E-state index contributed by atoms with van der Waals surface area (Å²) in [6.07, 6.45) is 1.01. The molecule has 0 saturated carbocycles. The summed E-state index contributed by atoms with van der Waals surface area (Å²) in [4.78, 5) is 43.0. The number of para-hydroxylation sites is 1. The molecule has 2 amide bonds. The molecule has 2 aromatic rings. The molecule has 1 aromatic heterocycles. The number of likely N-dealkylation sites (tertiary alicyclic amines) is 2. The molecule has 3 heterocycles. The molecule has 136 valence electrons. The lowest BCUT2D eigenvalue weighted by molar-refractivity contribution is -0.145. The maximum atomic E-state index is 12.8. The lowest BCUT2D eigenvalue weighted by Crippen LogP contribution is -2.57. The van der Waals surface area contributed by atoms with Crippen molar-refractivity contribution in [2.75, 3.05) is 20.1 Å². The van der Waals surface area contributed by atoms with Crippen LogP contribution in [0.25, 0.3) is 10.9 Å². The number of aliphatic carboxylic acids is 1. The molecule has 1 spiro atoms. The highest BCUT2D eigenvalue weighted by atomic mass is 16.4. The minimum absolute atomic E-state index is 0.0434. The van der Waals surface area contributed by atoms with Gasteiger partial charge < -0.3 is 19.9 Å². The molecule has 4 rings (SSSR count). The number of carbonyl (C=O) groups is 3. The third-order valence-electron chi connectivity index (χ3n) is 6.04.